The quantitative estimate of drug-likeness (QED) is 0.268. The Labute approximate surface area is 196 Å². The van der Waals surface area contributed by atoms with Gasteiger partial charge in [-0.1, -0.05) is 12.1 Å². The van der Waals surface area contributed by atoms with Crippen molar-refractivity contribution in [3.63, 3.8) is 0 Å². The van der Waals surface area contributed by atoms with Crippen molar-refractivity contribution in [1.82, 2.24) is 9.62 Å². The van der Waals surface area contributed by atoms with Gasteiger partial charge in [0.2, 0.25) is 10.0 Å². The average Bonchev–Trinajstić information content (AvgIpc) is 3.45. The van der Waals surface area contributed by atoms with Crippen molar-refractivity contribution in [1.29, 1.82) is 0 Å². The molecule has 0 fully saturated rings. The molecule has 2 amide bonds. The molecule has 1 aliphatic heterocycles. The lowest BCUT2D eigenvalue weighted by Crippen LogP contribution is -2.30. The number of hydrogen-bond donors (Lipinski definition) is 1. The molecular weight excluding hydrogens is 460 g/mol. The second-order valence-electron chi connectivity index (χ2n) is 7.58. The van der Waals surface area contributed by atoms with Crippen LogP contribution in [0.1, 0.15) is 49.7 Å². The number of esters is 1. The van der Waals surface area contributed by atoms with Gasteiger partial charge in [-0.2, -0.15) is 0 Å². The molecule has 1 aromatic heterocycles. The van der Waals surface area contributed by atoms with E-state index in [1.54, 1.807) is 36.4 Å². The zero-order valence-corrected chi connectivity index (χ0v) is 18.9. The highest BCUT2D eigenvalue weighted by atomic mass is 32.2. The molecule has 176 valence electrons. The summed E-state index contributed by atoms with van der Waals surface area (Å²) >= 11 is 0. The zero-order chi connectivity index (χ0) is 24.1. The molecule has 34 heavy (non-hydrogen) atoms. The van der Waals surface area contributed by atoms with Crippen molar-refractivity contribution in [3.8, 4) is 0 Å². The van der Waals surface area contributed by atoms with Crippen LogP contribution in [0.5, 0.6) is 0 Å². The first-order chi connectivity index (χ1) is 16.4. The van der Waals surface area contributed by atoms with Gasteiger partial charge < -0.3 is 9.15 Å². The molecule has 3 aromatic rings. The lowest BCUT2D eigenvalue weighted by Gasteiger charge is -2.13. The van der Waals surface area contributed by atoms with Crippen molar-refractivity contribution in [2.45, 2.75) is 24.3 Å². The fraction of sp³-hybridized carbons (Fsp3) is 0.208. The van der Waals surface area contributed by atoms with Gasteiger partial charge in [0.1, 0.15) is 5.76 Å². The van der Waals surface area contributed by atoms with Crippen LogP contribution in [0, 0.1) is 0 Å². The Hall–Kier alpha value is -3.76. The third kappa shape index (κ3) is 5.08. The van der Waals surface area contributed by atoms with Crippen molar-refractivity contribution in [3.05, 3.63) is 89.4 Å². The normalized spacial score (nSPS) is 13.2. The highest BCUT2D eigenvalue weighted by Gasteiger charge is 2.34. The molecule has 2 heterocycles. The van der Waals surface area contributed by atoms with Gasteiger partial charge >= 0.3 is 5.97 Å². The van der Waals surface area contributed by atoms with Gasteiger partial charge in [0.05, 0.1) is 41.0 Å². The number of nitrogens with one attached hydrogen (secondary N) is 1. The summed E-state index contributed by atoms with van der Waals surface area (Å²) in [5, 5.41) is 0. The van der Waals surface area contributed by atoms with E-state index in [9.17, 15) is 22.8 Å². The Bertz CT molecular complexity index is 1260. The van der Waals surface area contributed by atoms with E-state index in [1.165, 1.54) is 35.4 Å². The van der Waals surface area contributed by atoms with E-state index < -0.39 is 16.0 Å². The predicted octanol–water partition coefficient (Wildman–Crippen LogP) is 2.99. The third-order valence-corrected chi connectivity index (χ3v) is 6.72. The molecule has 0 saturated heterocycles. The second-order valence-corrected chi connectivity index (χ2v) is 9.35. The van der Waals surface area contributed by atoms with Crippen LogP contribution in [-0.4, -0.2) is 44.3 Å². The summed E-state index contributed by atoms with van der Waals surface area (Å²) in [6.07, 6.45) is 2.40. The summed E-state index contributed by atoms with van der Waals surface area (Å²) in [6, 6.07) is 15.4. The van der Waals surface area contributed by atoms with Crippen molar-refractivity contribution in [2.75, 3.05) is 13.2 Å². The van der Waals surface area contributed by atoms with Crippen LogP contribution in [0.25, 0.3) is 0 Å². The summed E-state index contributed by atoms with van der Waals surface area (Å²) in [5.74, 6) is -0.738. The number of amides is 2. The van der Waals surface area contributed by atoms with Gasteiger partial charge in [0.15, 0.2) is 0 Å². The molecule has 2 aromatic carbocycles. The first-order valence-electron chi connectivity index (χ1n) is 10.6. The van der Waals surface area contributed by atoms with Crippen LogP contribution in [0.2, 0.25) is 0 Å². The Morgan fingerprint density at radius 3 is 2.21 bits per heavy atom. The van der Waals surface area contributed by atoms with E-state index in [0.29, 0.717) is 29.7 Å². The maximum atomic E-state index is 12.4. The topological polar surface area (TPSA) is 123 Å². The Kier molecular flexibility index (Phi) is 6.90. The van der Waals surface area contributed by atoms with E-state index in [2.05, 4.69) is 4.72 Å². The molecule has 10 heteroatoms. The first kappa shape index (κ1) is 23.4. The number of hydrogen-bond acceptors (Lipinski definition) is 7. The summed E-state index contributed by atoms with van der Waals surface area (Å²) in [4.78, 5) is 38.1. The predicted molar refractivity (Wildman–Crippen MR) is 121 cm³/mol. The van der Waals surface area contributed by atoms with E-state index in [-0.39, 0.29) is 42.0 Å². The molecule has 0 aliphatic carbocycles. The minimum Gasteiger partial charge on any atom is -0.468 e. The fourth-order valence-corrected chi connectivity index (χ4v) is 4.49. The number of furan rings is 1. The Morgan fingerprint density at radius 2 is 1.59 bits per heavy atom. The van der Waals surface area contributed by atoms with E-state index in [4.69, 9.17) is 9.15 Å². The molecule has 0 atom stereocenters. The molecule has 9 nitrogen and oxygen atoms in total. The zero-order valence-electron chi connectivity index (χ0n) is 18.1. The highest BCUT2D eigenvalue weighted by molar-refractivity contribution is 7.89. The minimum absolute atomic E-state index is 0.0107. The number of ether oxygens (including phenoxy) is 1. The molecule has 0 saturated carbocycles. The summed E-state index contributed by atoms with van der Waals surface area (Å²) < 4.78 is 37.5. The van der Waals surface area contributed by atoms with E-state index in [0.717, 1.165) is 0 Å². The third-order valence-electron chi connectivity index (χ3n) is 5.30. The number of nitrogens with zero attached hydrogens (tertiary/aromatic N) is 1. The van der Waals surface area contributed by atoms with Crippen LogP contribution in [0.4, 0.5) is 0 Å². The molecule has 0 bridgehead atoms. The Morgan fingerprint density at radius 1 is 0.912 bits per heavy atom. The molecule has 0 unspecified atom stereocenters. The van der Waals surface area contributed by atoms with Gasteiger partial charge in [-0.15, -0.1) is 0 Å². The largest absolute Gasteiger partial charge is 0.468 e. The van der Waals surface area contributed by atoms with E-state index in [1.807, 2.05) is 0 Å². The van der Waals surface area contributed by atoms with Crippen LogP contribution in [0.3, 0.4) is 0 Å². The number of carbonyl (C=O) groups is 3. The maximum absolute atomic E-state index is 12.4. The first-order valence-corrected chi connectivity index (χ1v) is 12.1. The van der Waals surface area contributed by atoms with Crippen molar-refractivity contribution < 1.29 is 32.0 Å². The number of sulfonamides is 1. The van der Waals surface area contributed by atoms with Crippen LogP contribution in [0.15, 0.2) is 76.2 Å². The number of rotatable bonds is 10. The Balaban J connectivity index is 1.22. The van der Waals surface area contributed by atoms with Gasteiger partial charge in [-0.05, 0) is 61.4 Å². The number of carbonyl (C=O) groups excluding carboxylic acids is 3. The lowest BCUT2D eigenvalue weighted by atomic mass is 10.1. The van der Waals surface area contributed by atoms with Gasteiger partial charge in [-0.25, -0.2) is 17.9 Å². The summed E-state index contributed by atoms with van der Waals surface area (Å²) in [5.41, 5.74) is 1.02. The molecule has 1 N–H and O–H groups in total. The fourth-order valence-electron chi connectivity index (χ4n) is 3.50. The van der Waals surface area contributed by atoms with Gasteiger partial charge in [0, 0.05) is 6.54 Å². The minimum atomic E-state index is -3.76. The second kappa shape index (κ2) is 10.0. The van der Waals surface area contributed by atoms with Gasteiger partial charge in [0.25, 0.3) is 11.8 Å². The monoisotopic (exact) mass is 482 g/mol. The van der Waals surface area contributed by atoms with Crippen molar-refractivity contribution >= 4 is 27.8 Å². The molecule has 0 radical (unpaired) electrons. The SMILES string of the molecule is O=C(OCCCCN1C(=O)c2ccccc2C1=O)c1ccc(S(=O)(=O)NCc2ccco2)cc1. The summed E-state index contributed by atoms with van der Waals surface area (Å²) in [6.45, 7) is 0.355. The average molecular weight is 483 g/mol. The van der Waals surface area contributed by atoms with E-state index >= 15 is 0 Å². The molecular formula is C24H22N2O7S. The standard InChI is InChI=1S/C24H22N2O7S/c27-22-20-7-1-2-8-21(20)23(28)26(22)13-3-4-14-33-24(29)17-9-11-19(12-10-17)34(30,31)25-16-18-6-5-15-32-18/h1-2,5-12,15,25H,3-4,13-14,16H2. The lowest BCUT2D eigenvalue weighted by molar-refractivity contribution is 0.0485. The van der Waals surface area contributed by atoms with Crippen LogP contribution < -0.4 is 4.72 Å². The highest BCUT2D eigenvalue weighted by Crippen LogP contribution is 2.22. The molecule has 1 aliphatic rings. The number of imide groups is 1. The smallest absolute Gasteiger partial charge is 0.338 e. The number of unbranched alkanes of at least 4 members (excludes halogenated alkanes) is 1. The number of benzene rings is 2. The number of fused-ring (bicyclic) bond motifs is 1. The maximum Gasteiger partial charge on any atom is 0.338 e. The van der Waals surface area contributed by atoms with Crippen LogP contribution in [-0.2, 0) is 21.3 Å². The molecule has 4 rings (SSSR count). The summed E-state index contributed by atoms with van der Waals surface area (Å²) in [7, 11) is -3.76. The molecule has 0 spiro atoms. The van der Waals surface area contributed by atoms with Crippen LogP contribution >= 0.6 is 0 Å². The van der Waals surface area contributed by atoms with Crippen molar-refractivity contribution in [2.24, 2.45) is 0 Å². The van der Waals surface area contributed by atoms with Gasteiger partial charge in [-0.3, -0.25) is 14.5 Å².